The topological polar surface area (TPSA) is 64.1 Å². The Morgan fingerprint density at radius 1 is 1.08 bits per heavy atom. The first kappa shape index (κ1) is 15.8. The molecule has 5 nitrogen and oxygen atoms in total. The van der Waals surface area contributed by atoms with E-state index in [-0.39, 0.29) is 6.04 Å². The molecular formula is C19H17N3O2S. The number of thiophene rings is 1. The standard InChI is InChI=1S/C19H17N3O2S/c1-13-6-8-14(9-7-13)18(16-5-3-11-25-16)20-12-17-21-22-19(24-17)15-4-2-10-23-15/h2-11,18,20H,12H2,1H3/t18-/m1/s1. The van der Waals surface area contributed by atoms with Crippen LogP contribution in [0.3, 0.4) is 0 Å². The van der Waals surface area contributed by atoms with Crippen LogP contribution in [-0.4, -0.2) is 10.2 Å². The fraction of sp³-hybridized carbons (Fsp3) is 0.158. The van der Waals surface area contributed by atoms with E-state index in [4.69, 9.17) is 8.83 Å². The van der Waals surface area contributed by atoms with E-state index >= 15 is 0 Å². The molecule has 4 aromatic rings. The van der Waals surface area contributed by atoms with E-state index in [1.165, 1.54) is 16.0 Å². The summed E-state index contributed by atoms with van der Waals surface area (Å²) >= 11 is 1.72. The average molecular weight is 351 g/mol. The maximum absolute atomic E-state index is 5.68. The molecule has 3 heterocycles. The summed E-state index contributed by atoms with van der Waals surface area (Å²) < 4.78 is 11.0. The van der Waals surface area contributed by atoms with E-state index in [9.17, 15) is 0 Å². The van der Waals surface area contributed by atoms with Crippen molar-refractivity contribution in [2.75, 3.05) is 0 Å². The Morgan fingerprint density at radius 2 is 1.96 bits per heavy atom. The fourth-order valence-electron chi connectivity index (χ4n) is 2.61. The second-order valence-corrected chi connectivity index (χ2v) is 6.70. The molecule has 25 heavy (non-hydrogen) atoms. The Labute approximate surface area is 149 Å². The van der Waals surface area contributed by atoms with Crippen molar-refractivity contribution < 1.29 is 8.83 Å². The van der Waals surface area contributed by atoms with Crippen molar-refractivity contribution in [1.29, 1.82) is 0 Å². The van der Waals surface area contributed by atoms with Crippen LogP contribution in [0, 0.1) is 6.92 Å². The molecule has 1 N–H and O–H groups in total. The van der Waals surface area contributed by atoms with Crippen molar-refractivity contribution in [2.45, 2.75) is 19.5 Å². The minimum atomic E-state index is 0.0829. The van der Waals surface area contributed by atoms with Gasteiger partial charge in [-0.15, -0.1) is 21.5 Å². The van der Waals surface area contributed by atoms with Crippen LogP contribution in [0.4, 0.5) is 0 Å². The number of hydrogen-bond acceptors (Lipinski definition) is 6. The van der Waals surface area contributed by atoms with Crippen LogP contribution in [0.5, 0.6) is 0 Å². The Balaban J connectivity index is 1.52. The van der Waals surface area contributed by atoms with Crippen LogP contribution in [0.1, 0.15) is 27.9 Å². The van der Waals surface area contributed by atoms with Crippen molar-refractivity contribution in [3.05, 3.63) is 82.1 Å². The third-order valence-electron chi connectivity index (χ3n) is 3.89. The molecule has 6 heteroatoms. The number of nitrogens with zero attached hydrogens (tertiary/aromatic N) is 2. The van der Waals surface area contributed by atoms with Crippen molar-refractivity contribution >= 4 is 11.3 Å². The Kier molecular flexibility index (Phi) is 4.45. The summed E-state index contributed by atoms with van der Waals surface area (Å²) in [5, 5.41) is 13.7. The zero-order valence-corrected chi connectivity index (χ0v) is 14.5. The summed E-state index contributed by atoms with van der Waals surface area (Å²) in [5.74, 6) is 1.50. The molecular weight excluding hydrogens is 334 g/mol. The molecule has 126 valence electrons. The second kappa shape index (κ2) is 7.04. The number of aromatic nitrogens is 2. The van der Waals surface area contributed by atoms with E-state index in [1.807, 2.05) is 0 Å². The number of nitrogens with one attached hydrogen (secondary N) is 1. The zero-order chi connectivity index (χ0) is 17.1. The molecule has 0 aliphatic heterocycles. The third kappa shape index (κ3) is 3.55. The van der Waals surface area contributed by atoms with Crippen molar-refractivity contribution in [2.24, 2.45) is 0 Å². The van der Waals surface area contributed by atoms with Gasteiger partial charge < -0.3 is 8.83 Å². The molecule has 0 saturated heterocycles. The Morgan fingerprint density at radius 3 is 2.68 bits per heavy atom. The van der Waals surface area contributed by atoms with Crippen LogP contribution in [-0.2, 0) is 6.54 Å². The van der Waals surface area contributed by atoms with Gasteiger partial charge in [-0.1, -0.05) is 35.9 Å². The van der Waals surface area contributed by atoms with Gasteiger partial charge in [0, 0.05) is 4.88 Å². The predicted octanol–water partition coefficient (Wildman–Crippen LogP) is 4.58. The molecule has 0 fully saturated rings. The highest BCUT2D eigenvalue weighted by atomic mass is 32.1. The first-order chi connectivity index (χ1) is 12.3. The normalized spacial score (nSPS) is 12.4. The molecule has 0 spiro atoms. The molecule has 1 aromatic carbocycles. The van der Waals surface area contributed by atoms with E-state index in [0.717, 1.165) is 0 Å². The summed E-state index contributed by atoms with van der Waals surface area (Å²) in [6, 6.07) is 16.4. The van der Waals surface area contributed by atoms with Crippen molar-refractivity contribution in [3.8, 4) is 11.7 Å². The van der Waals surface area contributed by atoms with Gasteiger partial charge in [0.25, 0.3) is 5.89 Å². The van der Waals surface area contributed by atoms with Gasteiger partial charge in [0.05, 0.1) is 18.8 Å². The maximum atomic E-state index is 5.68. The highest BCUT2D eigenvalue weighted by Gasteiger charge is 2.17. The van der Waals surface area contributed by atoms with E-state index < -0.39 is 0 Å². The Hall–Kier alpha value is -2.70. The van der Waals surface area contributed by atoms with Gasteiger partial charge in [-0.3, -0.25) is 5.32 Å². The van der Waals surface area contributed by atoms with Gasteiger partial charge in [0.2, 0.25) is 5.89 Å². The van der Waals surface area contributed by atoms with Crippen LogP contribution in [0.15, 0.2) is 69.0 Å². The number of hydrogen-bond donors (Lipinski definition) is 1. The Bertz CT molecular complexity index is 912. The van der Waals surface area contributed by atoms with Crippen LogP contribution in [0.2, 0.25) is 0 Å². The quantitative estimate of drug-likeness (QED) is 0.551. The second-order valence-electron chi connectivity index (χ2n) is 5.72. The van der Waals surface area contributed by atoms with Crippen molar-refractivity contribution in [3.63, 3.8) is 0 Å². The fourth-order valence-corrected chi connectivity index (χ4v) is 3.44. The smallest absolute Gasteiger partial charge is 0.283 e. The van der Waals surface area contributed by atoms with Gasteiger partial charge in [0.1, 0.15) is 0 Å². The summed E-state index contributed by atoms with van der Waals surface area (Å²) in [6.07, 6.45) is 1.58. The maximum Gasteiger partial charge on any atom is 0.283 e. The first-order valence-electron chi connectivity index (χ1n) is 7.99. The molecule has 0 unspecified atom stereocenters. The monoisotopic (exact) mass is 351 g/mol. The zero-order valence-electron chi connectivity index (χ0n) is 13.7. The lowest BCUT2D eigenvalue weighted by molar-refractivity contribution is 0.450. The van der Waals surface area contributed by atoms with Crippen LogP contribution < -0.4 is 5.32 Å². The summed E-state index contributed by atoms with van der Waals surface area (Å²) in [7, 11) is 0. The van der Waals surface area contributed by atoms with E-state index in [1.54, 1.807) is 29.7 Å². The van der Waals surface area contributed by atoms with Gasteiger partial charge in [-0.05, 0) is 36.1 Å². The molecule has 0 saturated carbocycles. The van der Waals surface area contributed by atoms with E-state index in [0.29, 0.717) is 24.1 Å². The van der Waals surface area contributed by atoms with Crippen LogP contribution in [0.25, 0.3) is 11.7 Å². The molecule has 0 aliphatic rings. The van der Waals surface area contributed by atoms with Gasteiger partial charge in [0.15, 0.2) is 5.76 Å². The minimum Gasteiger partial charge on any atom is -0.459 e. The highest BCUT2D eigenvalue weighted by Crippen LogP contribution is 2.27. The predicted molar refractivity (Wildman–Crippen MR) is 96.2 cm³/mol. The number of rotatable bonds is 6. The molecule has 0 radical (unpaired) electrons. The van der Waals surface area contributed by atoms with Gasteiger partial charge >= 0.3 is 0 Å². The van der Waals surface area contributed by atoms with Crippen LogP contribution >= 0.6 is 11.3 Å². The van der Waals surface area contributed by atoms with E-state index in [2.05, 4.69) is 64.2 Å². The highest BCUT2D eigenvalue weighted by molar-refractivity contribution is 7.10. The lowest BCUT2D eigenvalue weighted by Crippen LogP contribution is -2.21. The molecule has 3 aromatic heterocycles. The molecule has 0 amide bonds. The molecule has 1 atom stereocenters. The number of benzene rings is 1. The summed E-state index contributed by atoms with van der Waals surface area (Å²) in [6.45, 7) is 2.57. The summed E-state index contributed by atoms with van der Waals surface area (Å²) in [5.41, 5.74) is 2.45. The largest absolute Gasteiger partial charge is 0.459 e. The lowest BCUT2D eigenvalue weighted by atomic mass is 10.0. The number of aryl methyl sites for hydroxylation is 1. The lowest BCUT2D eigenvalue weighted by Gasteiger charge is -2.17. The summed E-state index contributed by atoms with van der Waals surface area (Å²) in [4.78, 5) is 1.25. The first-order valence-corrected chi connectivity index (χ1v) is 8.87. The number of furan rings is 1. The minimum absolute atomic E-state index is 0.0829. The molecule has 0 aliphatic carbocycles. The average Bonchev–Trinajstić information content (AvgIpc) is 3.39. The van der Waals surface area contributed by atoms with Crippen molar-refractivity contribution in [1.82, 2.24) is 15.5 Å². The molecule has 0 bridgehead atoms. The molecule has 4 rings (SSSR count). The van der Waals surface area contributed by atoms with Gasteiger partial charge in [-0.25, -0.2) is 0 Å². The van der Waals surface area contributed by atoms with Gasteiger partial charge in [-0.2, -0.15) is 0 Å². The SMILES string of the molecule is Cc1ccc([C@@H](NCc2nnc(-c3ccco3)o2)c2cccs2)cc1. The third-order valence-corrected chi connectivity index (χ3v) is 4.83.